The summed E-state index contributed by atoms with van der Waals surface area (Å²) < 4.78 is 0. The molecule has 1 heterocycles. The van der Waals surface area contributed by atoms with E-state index in [1.807, 2.05) is 6.92 Å². The van der Waals surface area contributed by atoms with Crippen molar-refractivity contribution in [1.29, 1.82) is 0 Å². The molecular formula is C22H27Cl2NO. The predicted molar refractivity (Wildman–Crippen MR) is 112 cm³/mol. The van der Waals surface area contributed by atoms with Crippen LogP contribution in [-0.2, 0) is 17.3 Å². The second kappa shape index (κ2) is 6.15. The van der Waals surface area contributed by atoms with Crippen LogP contribution in [0.3, 0.4) is 0 Å². The summed E-state index contributed by atoms with van der Waals surface area (Å²) in [4.78, 5) is 3.13. The van der Waals surface area contributed by atoms with Crippen molar-refractivity contribution in [2.24, 2.45) is 0 Å². The first-order valence-corrected chi connectivity index (χ1v) is 9.70. The highest BCUT2D eigenvalue weighted by Crippen LogP contribution is 2.54. The molecule has 2 nitrogen and oxygen atoms in total. The van der Waals surface area contributed by atoms with Crippen LogP contribution in [0, 0.1) is 6.92 Å². The third-order valence-corrected chi connectivity index (χ3v) is 6.40. The van der Waals surface area contributed by atoms with Crippen molar-refractivity contribution in [1.82, 2.24) is 4.98 Å². The van der Waals surface area contributed by atoms with Crippen LogP contribution in [0.4, 0.5) is 0 Å². The van der Waals surface area contributed by atoms with Gasteiger partial charge >= 0.3 is 0 Å². The summed E-state index contributed by atoms with van der Waals surface area (Å²) in [5.41, 5.74) is 7.49. The zero-order chi connectivity index (χ0) is 19.6. The van der Waals surface area contributed by atoms with Gasteiger partial charge < -0.3 is 10.1 Å². The molecule has 1 atom stereocenters. The lowest BCUT2D eigenvalue weighted by Gasteiger charge is -2.21. The van der Waals surface area contributed by atoms with Crippen molar-refractivity contribution in [2.75, 3.05) is 0 Å². The SMILES string of the molecule is C=C(c1[nH]c(C)c(Cl)c1Cl)C(O)Cc1cc(C(C)(C)C)c2c(c1)C2(C)C. The average molecular weight is 392 g/mol. The highest BCUT2D eigenvalue weighted by molar-refractivity contribution is 6.43. The highest BCUT2D eigenvalue weighted by Gasteiger charge is 2.45. The zero-order valence-corrected chi connectivity index (χ0v) is 17.9. The first kappa shape index (κ1) is 19.5. The molecular weight excluding hydrogens is 365 g/mol. The van der Waals surface area contributed by atoms with E-state index in [1.54, 1.807) is 0 Å². The van der Waals surface area contributed by atoms with Crippen LogP contribution in [0.15, 0.2) is 18.7 Å². The Morgan fingerprint density at radius 2 is 1.85 bits per heavy atom. The van der Waals surface area contributed by atoms with E-state index in [0.717, 1.165) is 11.3 Å². The number of nitrogens with one attached hydrogen (secondary N) is 1. The molecule has 0 radical (unpaired) electrons. The second-order valence-corrected chi connectivity index (χ2v) is 9.69. The van der Waals surface area contributed by atoms with Gasteiger partial charge in [-0.25, -0.2) is 0 Å². The third kappa shape index (κ3) is 3.13. The maximum atomic E-state index is 10.8. The fourth-order valence-electron chi connectivity index (χ4n) is 3.73. The zero-order valence-electron chi connectivity index (χ0n) is 16.3. The molecule has 140 valence electrons. The minimum Gasteiger partial charge on any atom is -0.388 e. The Morgan fingerprint density at radius 3 is 2.35 bits per heavy atom. The number of aliphatic hydroxyl groups is 1. The molecule has 3 rings (SSSR count). The van der Waals surface area contributed by atoms with Crippen molar-refractivity contribution in [3.05, 3.63) is 62.4 Å². The van der Waals surface area contributed by atoms with E-state index in [4.69, 9.17) is 23.2 Å². The van der Waals surface area contributed by atoms with Crippen molar-refractivity contribution < 1.29 is 5.11 Å². The fourth-order valence-corrected chi connectivity index (χ4v) is 4.18. The molecule has 2 N–H and O–H groups in total. The number of hydrogen-bond acceptors (Lipinski definition) is 1. The van der Waals surface area contributed by atoms with Crippen LogP contribution >= 0.6 is 23.2 Å². The Balaban J connectivity index is 1.89. The smallest absolute Gasteiger partial charge is 0.0848 e. The summed E-state index contributed by atoms with van der Waals surface area (Å²) in [5.74, 6) is 0. The monoisotopic (exact) mass is 391 g/mol. The quantitative estimate of drug-likeness (QED) is 0.640. The number of aliphatic hydroxyl groups excluding tert-OH is 1. The molecule has 4 heteroatoms. The fraction of sp³-hybridized carbons (Fsp3) is 0.455. The second-order valence-electron chi connectivity index (χ2n) is 8.94. The summed E-state index contributed by atoms with van der Waals surface area (Å²) in [6.07, 6.45) is -0.230. The van der Waals surface area contributed by atoms with Crippen molar-refractivity contribution in [3.8, 4) is 0 Å². The molecule has 1 aromatic heterocycles. The van der Waals surface area contributed by atoms with Crippen molar-refractivity contribution >= 4 is 28.8 Å². The van der Waals surface area contributed by atoms with Gasteiger partial charge in [0.15, 0.2) is 0 Å². The van der Waals surface area contributed by atoms with E-state index in [9.17, 15) is 5.11 Å². The van der Waals surface area contributed by atoms with Crippen LogP contribution in [-0.4, -0.2) is 16.2 Å². The van der Waals surface area contributed by atoms with E-state index in [0.29, 0.717) is 27.7 Å². The van der Waals surface area contributed by atoms with Gasteiger partial charge in [0, 0.05) is 17.5 Å². The number of aromatic nitrogens is 1. The van der Waals surface area contributed by atoms with Gasteiger partial charge in [-0.3, -0.25) is 0 Å². The molecule has 2 aromatic rings. The summed E-state index contributed by atoms with van der Waals surface area (Å²) in [7, 11) is 0. The van der Waals surface area contributed by atoms with Gasteiger partial charge in [-0.2, -0.15) is 0 Å². The minimum absolute atomic E-state index is 0.0726. The predicted octanol–water partition coefficient (Wildman–Crippen LogP) is 6.18. The van der Waals surface area contributed by atoms with Crippen LogP contribution in [0.1, 0.15) is 68.3 Å². The van der Waals surface area contributed by atoms with Gasteiger partial charge in [0.25, 0.3) is 0 Å². The van der Waals surface area contributed by atoms with E-state index >= 15 is 0 Å². The number of benzene rings is 1. The van der Waals surface area contributed by atoms with Crippen LogP contribution in [0.25, 0.3) is 5.57 Å². The van der Waals surface area contributed by atoms with Gasteiger partial charge in [0.1, 0.15) is 0 Å². The topological polar surface area (TPSA) is 36.0 Å². The Bertz CT molecular complexity index is 900. The molecule has 0 spiro atoms. The van der Waals surface area contributed by atoms with Crippen LogP contribution < -0.4 is 0 Å². The summed E-state index contributed by atoms with van der Waals surface area (Å²) in [5, 5.41) is 11.7. The van der Waals surface area contributed by atoms with Crippen LogP contribution in [0.2, 0.25) is 10.0 Å². The number of aryl methyl sites for hydroxylation is 1. The lowest BCUT2D eigenvalue weighted by Crippen LogP contribution is -2.15. The van der Waals surface area contributed by atoms with Gasteiger partial charge in [-0.05, 0) is 40.2 Å². The lowest BCUT2D eigenvalue weighted by atomic mass is 9.84. The molecule has 0 fully saturated rings. The maximum absolute atomic E-state index is 10.8. The Labute approximate surface area is 166 Å². The Hall–Kier alpha value is -1.22. The van der Waals surface area contributed by atoms with E-state index in [2.05, 4.69) is 58.3 Å². The van der Waals surface area contributed by atoms with Gasteiger partial charge in [-0.1, -0.05) is 76.5 Å². The molecule has 0 amide bonds. The molecule has 0 saturated carbocycles. The molecule has 1 aromatic carbocycles. The lowest BCUT2D eigenvalue weighted by molar-refractivity contribution is 0.233. The van der Waals surface area contributed by atoms with Gasteiger partial charge in [0.05, 0.1) is 21.8 Å². The van der Waals surface area contributed by atoms with Crippen molar-refractivity contribution in [2.45, 2.75) is 64.9 Å². The first-order chi connectivity index (χ1) is 11.9. The van der Waals surface area contributed by atoms with E-state index < -0.39 is 6.10 Å². The summed E-state index contributed by atoms with van der Waals surface area (Å²) in [6.45, 7) is 17.1. The highest BCUT2D eigenvalue weighted by atomic mass is 35.5. The number of H-pyrrole nitrogens is 1. The molecule has 26 heavy (non-hydrogen) atoms. The van der Waals surface area contributed by atoms with Crippen molar-refractivity contribution in [3.63, 3.8) is 0 Å². The summed E-state index contributed by atoms with van der Waals surface area (Å²) in [6, 6.07) is 4.45. The van der Waals surface area contributed by atoms with Gasteiger partial charge in [0.2, 0.25) is 0 Å². The van der Waals surface area contributed by atoms with E-state index in [-0.39, 0.29) is 10.8 Å². The van der Waals surface area contributed by atoms with Gasteiger partial charge in [-0.15, -0.1) is 0 Å². The Kier molecular flexibility index (Phi) is 4.62. The number of hydrogen-bond donors (Lipinski definition) is 2. The summed E-state index contributed by atoms with van der Waals surface area (Å²) >= 11 is 12.4. The number of aromatic amines is 1. The molecule has 0 bridgehead atoms. The molecule has 1 aliphatic rings. The number of rotatable bonds is 4. The van der Waals surface area contributed by atoms with E-state index in [1.165, 1.54) is 16.7 Å². The third-order valence-electron chi connectivity index (χ3n) is 5.45. The largest absolute Gasteiger partial charge is 0.388 e. The first-order valence-electron chi connectivity index (χ1n) is 8.94. The average Bonchev–Trinajstić information content (AvgIpc) is 2.99. The maximum Gasteiger partial charge on any atom is 0.0848 e. The van der Waals surface area contributed by atoms with Crippen LogP contribution in [0.5, 0.6) is 0 Å². The normalized spacial score (nSPS) is 16.3. The number of halogens is 2. The molecule has 1 aliphatic carbocycles. The number of fused-ring (bicyclic) bond motifs is 1. The standard InChI is InChI=1S/C22H27Cl2NO/c1-11(20-19(24)18(23)12(2)25-20)16(26)10-13-8-14(21(3,4)5)17-15(9-13)22(17,6)7/h8-9,16,25-26H,1,10H2,2-7H3. The molecule has 0 saturated heterocycles. The molecule has 1 unspecified atom stereocenters. The molecule has 0 aliphatic heterocycles. The Morgan fingerprint density at radius 1 is 1.23 bits per heavy atom. The minimum atomic E-state index is -0.727.